The number of hydrogen-bond acceptors (Lipinski definition) is 3. The Kier molecular flexibility index (Phi) is 3.02. The molecule has 0 aliphatic carbocycles. The summed E-state index contributed by atoms with van der Waals surface area (Å²) in [6.07, 6.45) is 3.34. The summed E-state index contributed by atoms with van der Waals surface area (Å²) in [4.78, 5) is 14.4. The summed E-state index contributed by atoms with van der Waals surface area (Å²) in [6, 6.07) is -0.509. The Morgan fingerprint density at radius 1 is 1.85 bits per heavy atom. The molecule has 1 atom stereocenters. The average molecular weight is 183 g/mol. The van der Waals surface area contributed by atoms with Crippen molar-refractivity contribution < 1.29 is 9.90 Å². The molecular formula is C8H13N3O2. The number of nitrogens with two attached hydrogens (primary N) is 1. The minimum Gasteiger partial charge on any atom is -0.481 e. The third-order valence-electron chi connectivity index (χ3n) is 1.79. The first kappa shape index (κ1) is 9.73. The second-order valence-electron chi connectivity index (χ2n) is 2.83. The highest BCUT2D eigenvalue weighted by Crippen LogP contribution is 2.10. The third kappa shape index (κ3) is 2.55. The predicted molar refractivity (Wildman–Crippen MR) is 47.1 cm³/mol. The van der Waals surface area contributed by atoms with Crippen LogP contribution in [0.25, 0.3) is 0 Å². The van der Waals surface area contributed by atoms with Gasteiger partial charge in [0.25, 0.3) is 0 Å². The fraction of sp³-hybridized carbons (Fsp3) is 0.500. The molecule has 0 bridgehead atoms. The van der Waals surface area contributed by atoms with Gasteiger partial charge in [-0.1, -0.05) is 0 Å². The van der Waals surface area contributed by atoms with Gasteiger partial charge in [0, 0.05) is 12.7 Å². The molecule has 72 valence electrons. The monoisotopic (exact) mass is 183 g/mol. The Labute approximate surface area is 76.2 Å². The highest BCUT2D eigenvalue weighted by molar-refractivity contribution is 5.67. The van der Waals surface area contributed by atoms with Crippen molar-refractivity contribution in [3.63, 3.8) is 0 Å². The fourth-order valence-corrected chi connectivity index (χ4v) is 1.03. The largest absolute Gasteiger partial charge is 0.481 e. The topological polar surface area (TPSA) is 81.1 Å². The van der Waals surface area contributed by atoms with Crippen molar-refractivity contribution in [3.8, 4) is 0 Å². The summed E-state index contributed by atoms with van der Waals surface area (Å²) in [5.41, 5.74) is 6.24. The SMILES string of the molecule is CCn1cnc([C@@H](N)CC(=O)O)c1. The van der Waals surface area contributed by atoms with Crippen molar-refractivity contribution in [1.29, 1.82) is 0 Å². The molecular weight excluding hydrogens is 170 g/mol. The maximum atomic E-state index is 10.3. The quantitative estimate of drug-likeness (QED) is 0.707. The van der Waals surface area contributed by atoms with Crippen LogP contribution in [0, 0.1) is 0 Å². The van der Waals surface area contributed by atoms with E-state index in [0.29, 0.717) is 5.69 Å². The zero-order chi connectivity index (χ0) is 9.84. The predicted octanol–water partition coefficient (Wildman–Crippen LogP) is 0.377. The van der Waals surface area contributed by atoms with E-state index in [4.69, 9.17) is 10.8 Å². The van der Waals surface area contributed by atoms with Crippen LogP contribution in [0.4, 0.5) is 0 Å². The van der Waals surface area contributed by atoms with Gasteiger partial charge in [0.2, 0.25) is 0 Å². The Morgan fingerprint density at radius 2 is 2.54 bits per heavy atom. The van der Waals surface area contributed by atoms with E-state index >= 15 is 0 Å². The van der Waals surface area contributed by atoms with Gasteiger partial charge >= 0.3 is 5.97 Å². The van der Waals surface area contributed by atoms with E-state index in [1.54, 1.807) is 12.5 Å². The van der Waals surface area contributed by atoms with Crippen LogP contribution in [0.3, 0.4) is 0 Å². The van der Waals surface area contributed by atoms with Gasteiger partial charge < -0.3 is 15.4 Å². The summed E-state index contributed by atoms with van der Waals surface area (Å²) < 4.78 is 1.86. The van der Waals surface area contributed by atoms with Gasteiger partial charge in [-0.2, -0.15) is 0 Å². The molecule has 0 saturated carbocycles. The van der Waals surface area contributed by atoms with Crippen LogP contribution < -0.4 is 5.73 Å². The number of hydrogen-bond donors (Lipinski definition) is 2. The van der Waals surface area contributed by atoms with E-state index in [0.717, 1.165) is 6.54 Å². The molecule has 0 spiro atoms. The Bertz CT molecular complexity index is 295. The molecule has 0 radical (unpaired) electrons. The highest BCUT2D eigenvalue weighted by atomic mass is 16.4. The first-order valence-corrected chi connectivity index (χ1v) is 4.12. The second-order valence-corrected chi connectivity index (χ2v) is 2.83. The van der Waals surface area contributed by atoms with Gasteiger partial charge in [0.1, 0.15) is 0 Å². The molecule has 5 nitrogen and oxygen atoms in total. The number of aryl methyl sites for hydroxylation is 1. The van der Waals surface area contributed by atoms with Crippen LogP contribution in [0.15, 0.2) is 12.5 Å². The molecule has 1 rings (SSSR count). The van der Waals surface area contributed by atoms with E-state index in [2.05, 4.69) is 4.98 Å². The zero-order valence-corrected chi connectivity index (χ0v) is 7.47. The van der Waals surface area contributed by atoms with Crippen LogP contribution in [-0.4, -0.2) is 20.6 Å². The van der Waals surface area contributed by atoms with Crippen molar-refractivity contribution in [2.24, 2.45) is 5.73 Å². The minimum atomic E-state index is -0.904. The number of aromatic nitrogens is 2. The number of nitrogens with zero attached hydrogens (tertiary/aromatic N) is 2. The summed E-state index contributed by atoms with van der Waals surface area (Å²) in [5, 5.41) is 8.49. The van der Waals surface area contributed by atoms with Crippen LogP contribution in [0.5, 0.6) is 0 Å². The van der Waals surface area contributed by atoms with Gasteiger partial charge in [0.05, 0.1) is 24.5 Å². The van der Waals surface area contributed by atoms with Crippen LogP contribution in [0.1, 0.15) is 25.1 Å². The maximum Gasteiger partial charge on any atom is 0.305 e. The molecule has 5 heteroatoms. The smallest absolute Gasteiger partial charge is 0.305 e. The average Bonchev–Trinajstić information content (AvgIpc) is 2.50. The van der Waals surface area contributed by atoms with E-state index in [9.17, 15) is 4.79 Å². The molecule has 0 amide bonds. The lowest BCUT2D eigenvalue weighted by molar-refractivity contribution is -0.137. The van der Waals surface area contributed by atoms with Crippen molar-refractivity contribution in [2.45, 2.75) is 25.9 Å². The normalized spacial score (nSPS) is 12.8. The first-order chi connectivity index (χ1) is 6.13. The maximum absolute atomic E-state index is 10.3. The molecule has 0 aromatic carbocycles. The molecule has 1 heterocycles. The highest BCUT2D eigenvalue weighted by Gasteiger charge is 2.12. The number of carboxylic acid groups (broad SMARTS) is 1. The molecule has 13 heavy (non-hydrogen) atoms. The fourth-order valence-electron chi connectivity index (χ4n) is 1.03. The van der Waals surface area contributed by atoms with Gasteiger partial charge in [-0.25, -0.2) is 4.98 Å². The molecule has 0 fully saturated rings. The Hall–Kier alpha value is -1.36. The molecule has 0 aliphatic rings. The summed E-state index contributed by atoms with van der Waals surface area (Å²) in [6.45, 7) is 2.79. The van der Waals surface area contributed by atoms with Crippen molar-refractivity contribution in [3.05, 3.63) is 18.2 Å². The molecule has 0 aliphatic heterocycles. The van der Waals surface area contributed by atoms with Crippen molar-refractivity contribution in [2.75, 3.05) is 0 Å². The van der Waals surface area contributed by atoms with Crippen molar-refractivity contribution >= 4 is 5.97 Å². The second kappa shape index (κ2) is 4.04. The Morgan fingerprint density at radius 3 is 3.00 bits per heavy atom. The lowest BCUT2D eigenvalue weighted by Gasteiger charge is -2.03. The van der Waals surface area contributed by atoms with Crippen LogP contribution in [-0.2, 0) is 11.3 Å². The van der Waals surface area contributed by atoms with E-state index in [-0.39, 0.29) is 6.42 Å². The molecule has 3 N–H and O–H groups in total. The minimum absolute atomic E-state index is 0.0826. The van der Waals surface area contributed by atoms with Gasteiger partial charge in [0.15, 0.2) is 0 Å². The molecule has 0 unspecified atom stereocenters. The lowest BCUT2D eigenvalue weighted by atomic mass is 10.2. The van der Waals surface area contributed by atoms with Gasteiger partial charge in [-0.3, -0.25) is 4.79 Å². The molecule has 0 saturated heterocycles. The standard InChI is InChI=1S/C8H13N3O2/c1-2-11-4-7(10-5-11)6(9)3-8(12)13/h4-6H,2-3,9H2,1H3,(H,12,13)/t6-/m0/s1. The number of carbonyl (C=O) groups is 1. The van der Waals surface area contributed by atoms with Gasteiger partial charge in [-0.15, -0.1) is 0 Å². The number of imidazole rings is 1. The van der Waals surface area contributed by atoms with Crippen molar-refractivity contribution in [1.82, 2.24) is 9.55 Å². The van der Waals surface area contributed by atoms with Crippen LogP contribution >= 0.6 is 0 Å². The zero-order valence-electron chi connectivity index (χ0n) is 7.47. The summed E-state index contributed by atoms with van der Waals surface area (Å²) in [5.74, 6) is -0.904. The molecule has 1 aromatic rings. The summed E-state index contributed by atoms with van der Waals surface area (Å²) in [7, 11) is 0. The van der Waals surface area contributed by atoms with E-state index in [1.165, 1.54) is 0 Å². The lowest BCUT2D eigenvalue weighted by Crippen LogP contribution is -2.15. The van der Waals surface area contributed by atoms with E-state index in [1.807, 2.05) is 11.5 Å². The third-order valence-corrected chi connectivity index (χ3v) is 1.79. The number of rotatable bonds is 4. The number of carboxylic acids is 1. The first-order valence-electron chi connectivity index (χ1n) is 4.12. The summed E-state index contributed by atoms with van der Waals surface area (Å²) >= 11 is 0. The Balaban J connectivity index is 2.65. The molecule has 1 aromatic heterocycles. The van der Waals surface area contributed by atoms with Gasteiger partial charge in [-0.05, 0) is 6.92 Å². The van der Waals surface area contributed by atoms with E-state index < -0.39 is 12.0 Å². The van der Waals surface area contributed by atoms with Crippen LogP contribution in [0.2, 0.25) is 0 Å². The number of aliphatic carboxylic acids is 1.